The molecule has 0 bridgehead atoms. The summed E-state index contributed by atoms with van der Waals surface area (Å²) < 4.78 is 0. The fourth-order valence-corrected chi connectivity index (χ4v) is 1.73. The van der Waals surface area contributed by atoms with E-state index < -0.39 is 0 Å². The number of rotatable bonds is 5. The van der Waals surface area contributed by atoms with Crippen molar-refractivity contribution < 1.29 is 5.21 Å². The summed E-state index contributed by atoms with van der Waals surface area (Å²) in [6.45, 7) is 8.48. The lowest BCUT2D eigenvalue weighted by Crippen LogP contribution is -2.29. The molecular weight excluding hydrogens is 214 g/mol. The number of benzene rings is 1. The van der Waals surface area contributed by atoms with Crippen molar-refractivity contribution in [3.8, 4) is 0 Å². The van der Waals surface area contributed by atoms with E-state index >= 15 is 0 Å². The first-order valence-electron chi connectivity index (χ1n) is 5.89. The highest BCUT2D eigenvalue weighted by molar-refractivity contribution is 5.96. The summed E-state index contributed by atoms with van der Waals surface area (Å²) in [5.74, 6) is 0.146. The minimum atomic E-state index is 0.146. The predicted octanol–water partition coefficient (Wildman–Crippen LogP) is 2.01. The molecule has 4 nitrogen and oxygen atoms in total. The van der Waals surface area contributed by atoms with Crippen LogP contribution in [0.1, 0.15) is 31.9 Å². The zero-order valence-corrected chi connectivity index (χ0v) is 10.7. The molecular formula is C13H21N3O. The topological polar surface area (TPSA) is 61.8 Å². The Kier molecular flexibility index (Phi) is 4.97. The average Bonchev–Trinajstić information content (AvgIpc) is 2.35. The standard InChI is InChI=1S/C13H21N3O/c1-4-16(10(2)3)9-11-5-7-12(8-6-11)13(14)15-17/h5-8,10,17H,4,9H2,1-3H3,(H2,14,15). The van der Waals surface area contributed by atoms with E-state index in [-0.39, 0.29) is 5.84 Å². The molecule has 0 amide bonds. The van der Waals surface area contributed by atoms with Crippen molar-refractivity contribution in [2.75, 3.05) is 6.54 Å². The van der Waals surface area contributed by atoms with Crippen molar-refractivity contribution in [3.05, 3.63) is 35.4 Å². The summed E-state index contributed by atoms with van der Waals surface area (Å²) in [5, 5.41) is 11.5. The number of amidine groups is 1. The van der Waals surface area contributed by atoms with Gasteiger partial charge in [-0.05, 0) is 26.0 Å². The fraction of sp³-hybridized carbons (Fsp3) is 0.462. The average molecular weight is 235 g/mol. The van der Waals surface area contributed by atoms with E-state index in [2.05, 4.69) is 30.8 Å². The Morgan fingerprint density at radius 3 is 2.35 bits per heavy atom. The van der Waals surface area contributed by atoms with Crippen molar-refractivity contribution in [1.82, 2.24) is 4.90 Å². The zero-order valence-electron chi connectivity index (χ0n) is 10.7. The van der Waals surface area contributed by atoms with Crippen molar-refractivity contribution in [2.45, 2.75) is 33.4 Å². The maximum atomic E-state index is 8.57. The molecule has 0 aliphatic carbocycles. The lowest BCUT2D eigenvalue weighted by atomic mass is 10.1. The third-order valence-electron chi connectivity index (χ3n) is 2.88. The Labute approximate surface area is 103 Å². The lowest BCUT2D eigenvalue weighted by Gasteiger charge is -2.24. The molecule has 4 heteroatoms. The summed E-state index contributed by atoms with van der Waals surface area (Å²) in [5.41, 5.74) is 7.48. The van der Waals surface area contributed by atoms with Crippen LogP contribution >= 0.6 is 0 Å². The molecule has 0 heterocycles. The van der Waals surface area contributed by atoms with Crippen LogP contribution in [0.3, 0.4) is 0 Å². The van der Waals surface area contributed by atoms with Gasteiger partial charge in [-0.2, -0.15) is 0 Å². The van der Waals surface area contributed by atoms with Crippen molar-refractivity contribution in [1.29, 1.82) is 0 Å². The lowest BCUT2D eigenvalue weighted by molar-refractivity contribution is 0.225. The van der Waals surface area contributed by atoms with Gasteiger partial charge in [0.05, 0.1) is 0 Å². The van der Waals surface area contributed by atoms with E-state index in [0.29, 0.717) is 6.04 Å². The molecule has 1 aromatic rings. The Bertz CT molecular complexity index is 371. The minimum Gasteiger partial charge on any atom is -0.409 e. The number of hydrogen-bond acceptors (Lipinski definition) is 3. The van der Waals surface area contributed by atoms with Crippen LogP contribution in [-0.2, 0) is 6.54 Å². The van der Waals surface area contributed by atoms with Crippen molar-refractivity contribution in [3.63, 3.8) is 0 Å². The van der Waals surface area contributed by atoms with Crippen LogP contribution in [0, 0.1) is 0 Å². The second kappa shape index (κ2) is 6.25. The van der Waals surface area contributed by atoms with Crippen LogP contribution in [0.4, 0.5) is 0 Å². The van der Waals surface area contributed by atoms with Gasteiger partial charge in [-0.15, -0.1) is 0 Å². The van der Waals surface area contributed by atoms with Crippen LogP contribution in [0.2, 0.25) is 0 Å². The molecule has 0 aliphatic rings. The maximum Gasteiger partial charge on any atom is 0.170 e. The molecule has 0 unspecified atom stereocenters. The maximum absolute atomic E-state index is 8.57. The molecule has 0 saturated heterocycles. The van der Waals surface area contributed by atoms with Crippen LogP contribution in [0.15, 0.2) is 29.4 Å². The van der Waals surface area contributed by atoms with E-state index in [1.165, 1.54) is 5.56 Å². The van der Waals surface area contributed by atoms with E-state index in [9.17, 15) is 0 Å². The monoisotopic (exact) mass is 235 g/mol. The molecule has 3 N–H and O–H groups in total. The molecule has 1 aromatic carbocycles. The minimum absolute atomic E-state index is 0.146. The molecule has 1 rings (SSSR count). The van der Waals surface area contributed by atoms with Gasteiger partial charge in [0, 0.05) is 18.2 Å². The first-order chi connectivity index (χ1) is 8.08. The highest BCUT2D eigenvalue weighted by Gasteiger charge is 2.07. The van der Waals surface area contributed by atoms with Gasteiger partial charge in [0.25, 0.3) is 0 Å². The van der Waals surface area contributed by atoms with Crippen LogP contribution in [0.25, 0.3) is 0 Å². The highest BCUT2D eigenvalue weighted by atomic mass is 16.4. The quantitative estimate of drug-likeness (QED) is 0.355. The largest absolute Gasteiger partial charge is 0.409 e. The molecule has 0 spiro atoms. The second-order valence-corrected chi connectivity index (χ2v) is 4.34. The van der Waals surface area contributed by atoms with Gasteiger partial charge in [0.1, 0.15) is 0 Å². The van der Waals surface area contributed by atoms with E-state index in [4.69, 9.17) is 10.9 Å². The first-order valence-corrected chi connectivity index (χ1v) is 5.89. The molecule has 0 aliphatic heterocycles. The van der Waals surface area contributed by atoms with E-state index in [1.807, 2.05) is 24.3 Å². The van der Waals surface area contributed by atoms with Crippen LogP contribution in [0.5, 0.6) is 0 Å². The van der Waals surface area contributed by atoms with Gasteiger partial charge in [0.2, 0.25) is 0 Å². The Morgan fingerprint density at radius 2 is 1.94 bits per heavy atom. The van der Waals surface area contributed by atoms with Gasteiger partial charge in [-0.1, -0.05) is 36.3 Å². The number of oxime groups is 1. The molecule has 0 aromatic heterocycles. The third-order valence-corrected chi connectivity index (χ3v) is 2.88. The summed E-state index contributed by atoms with van der Waals surface area (Å²) in [7, 11) is 0. The fourth-order valence-electron chi connectivity index (χ4n) is 1.73. The molecule has 17 heavy (non-hydrogen) atoms. The van der Waals surface area contributed by atoms with Gasteiger partial charge >= 0.3 is 0 Å². The Hall–Kier alpha value is -1.55. The summed E-state index contributed by atoms with van der Waals surface area (Å²) in [6, 6.07) is 8.30. The van der Waals surface area contributed by atoms with Gasteiger partial charge in [-0.25, -0.2) is 0 Å². The molecule has 0 radical (unpaired) electrons. The van der Waals surface area contributed by atoms with E-state index in [0.717, 1.165) is 18.7 Å². The van der Waals surface area contributed by atoms with Gasteiger partial charge in [0.15, 0.2) is 5.84 Å². The predicted molar refractivity (Wildman–Crippen MR) is 70.2 cm³/mol. The van der Waals surface area contributed by atoms with Crippen molar-refractivity contribution in [2.24, 2.45) is 10.9 Å². The normalized spacial score (nSPS) is 12.4. The third kappa shape index (κ3) is 3.75. The van der Waals surface area contributed by atoms with Crippen LogP contribution < -0.4 is 5.73 Å². The summed E-state index contributed by atoms with van der Waals surface area (Å²) >= 11 is 0. The molecule has 0 saturated carbocycles. The molecule has 0 fully saturated rings. The Morgan fingerprint density at radius 1 is 1.35 bits per heavy atom. The summed E-state index contributed by atoms with van der Waals surface area (Å²) in [4.78, 5) is 2.37. The van der Waals surface area contributed by atoms with Crippen LogP contribution in [-0.4, -0.2) is 28.5 Å². The SMILES string of the molecule is CCN(Cc1ccc(/C(N)=N/O)cc1)C(C)C. The first kappa shape index (κ1) is 13.5. The number of nitrogens with two attached hydrogens (primary N) is 1. The highest BCUT2D eigenvalue weighted by Crippen LogP contribution is 2.09. The van der Waals surface area contributed by atoms with Crippen molar-refractivity contribution >= 4 is 5.84 Å². The smallest absolute Gasteiger partial charge is 0.170 e. The zero-order chi connectivity index (χ0) is 12.8. The van der Waals surface area contributed by atoms with Gasteiger partial charge < -0.3 is 10.9 Å². The second-order valence-electron chi connectivity index (χ2n) is 4.34. The summed E-state index contributed by atoms with van der Waals surface area (Å²) in [6.07, 6.45) is 0. The Balaban J connectivity index is 2.74. The van der Waals surface area contributed by atoms with Gasteiger partial charge in [-0.3, -0.25) is 4.90 Å². The van der Waals surface area contributed by atoms with E-state index in [1.54, 1.807) is 0 Å². The number of hydrogen-bond donors (Lipinski definition) is 2. The number of nitrogens with zero attached hydrogens (tertiary/aromatic N) is 2. The molecule has 0 atom stereocenters. The molecule has 94 valence electrons.